The van der Waals surface area contributed by atoms with Gasteiger partial charge in [0.25, 0.3) is 0 Å². The lowest BCUT2D eigenvalue weighted by atomic mass is 9.80. The quantitative estimate of drug-likeness (QED) is 0.161. The van der Waals surface area contributed by atoms with Crippen molar-refractivity contribution in [1.29, 1.82) is 0 Å². The van der Waals surface area contributed by atoms with Gasteiger partial charge in [-0.05, 0) is 197 Å². The van der Waals surface area contributed by atoms with Crippen molar-refractivity contribution in [3.63, 3.8) is 0 Å². The summed E-state index contributed by atoms with van der Waals surface area (Å²) >= 11 is 0. The van der Waals surface area contributed by atoms with Gasteiger partial charge in [-0.3, -0.25) is 0 Å². The second-order valence-electron chi connectivity index (χ2n) is 21.9. The third-order valence-electron chi connectivity index (χ3n) is 16.7. The molecule has 2 heteroatoms. The first-order valence-electron chi connectivity index (χ1n) is 45.1. The predicted octanol–water partition coefficient (Wildman–Crippen LogP) is 24.7. The van der Waals surface area contributed by atoms with E-state index in [9.17, 15) is 21.9 Å². The van der Waals surface area contributed by atoms with Crippen LogP contribution in [0.2, 0.25) is 0 Å². The zero-order valence-corrected chi connectivity index (χ0v) is 46.6. The van der Waals surface area contributed by atoms with Crippen molar-refractivity contribution in [2.24, 2.45) is 0 Å². The minimum Gasteiger partial charge on any atom is -0.456 e. The normalized spacial score (nSPS) is 18.0. The summed E-state index contributed by atoms with van der Waals surface area (Å²) in [6.07, 6.45) is 0. The molecule has 0 bridgehead atoms. The summed E-state index contributed by atoms with van der Waals surface area (Å²) in [5.74, 6) is 0. The van der Waals surface area contributed by atoms with Gasteiger partial charge in [0, 0.05) is 27.0 Å². The summed E-state index contributed by atoms with van der Waals surface area (Å²) < 4.78 is 318. The van der Waals surface area contributed by atoms with Gasteiger partial charge in [-0.25, -0.2) is 0 Å². The summed E-state index contributed by atoms with van der Waals surface area (Å²) in [5.41, 5.74) is 2.35. The Morgan fingerprint density at radius 1 is 0.258 bits per heavy atom. The molecule has 16 aromatic carbocycles. The average Bonchev–Trinajstić information content (AvgIpc) is 1.68. The predicted molar refractivity (Wildman–Crippen MR) is 377 cm³/mol. The molecule has 18 aromatic rings. The monoisotopic (exact) mass is 1170 g/mol. The molecule has 0 amide bonds. The third-order valence-corrected chi connectivity index (χ3v) is 16.7. The van der Waals surface area contributed by atoms with E-state index in [0.717, 1.165) is 33.4 Å². The van der Waals surface area contributed by atoms with E-state index in [1.54, 1.807) is 30.3 Å². The van der Waals surface area contributed by atoms with Crippen LogP contribution in [-0.4, -0.2) is 0 Å². The summed E-state index contributed by atoms with van der Waals surface area (Å²) in [6.45, 7) is 4.09. The van der Waals surface area contributed by atoms with Crippen LogP contribution >= 0.6 is 0 Å². The van der Waals surface area contributed by atoms with Crippen molar-refractivity contribution in [2.75, 3.05) is 0 Å². The summed E-state index contributed by atoms with van der Waals surface area (Å²) in [7, 11) is 0. The standard InChI is InChI=1S/C45H30O.C42H26O/c1-45(2)39-18-10-9-13-31(39)32-21-19-30(25-40(32)45)44-35-16-7-5-14-33(35)43(34-15-6-8-17-36(34)44)29-20-22-41-37(24-29)38-23-27-11-3-4-12-28(27)26-42(38)46-41;1-2-10-27(11-3-1)28-18-20-29(21-19-28)41-33-14-6-8-16-35(33)42(36-17-9-7-15-34(36)41)32-22-23-39-37(25-32)38-24-30-12-4-5-13-31(30)26-40(38)43-39/h3-26H,1-2H3;1-26H/i3D,4D,5D,6D,7D,8D,11D,12D,14D,15D,16D,17D,20D,22D,23D,24D,26D;4D,5D,6D,7D,8D,9D,12D,13D,14D,15D,16D,17D,22D,23D,24D,25D,26D. The Labute approximate surface area is 562 Å². The van der Waals surface area contributed by atoms with Crippen LogP contribution in [0.1, 0.15) is 71.6 Å². The molecule has 0 atom stereocenters. The maximum absolute atomic E-state index is 9.82. The van der Waals surface area contributed by atoms with Gasteiger partial charge in [0.1, 0.15) is 22.3 Å². The molecule has 2 nitrogen and oxygen atoms in total. The van der Waals surface area contributed by atoms with E-state index in [2.05, 4.69) is 0 Å². The van der Waals surface area contributed by atoms with Gasteiger partial charge in [-0.2, -0.15) is 0 Å². The first-order chi connectivity index (χ1) is 58.1. The van der Waals surface area contributed by atoms with E-state index in [4.69, 9.17) is 33.5 Å². The molecule has 1 aliphatic rings. The average molecular weight is 1170 g/mol. The van der Waals surface area contributed by atoms with E-state index in [1.807, 2.05) is 80.6 Å². The van der Waals surface area contributed by atoms with Gasteiger partial charge in [0.2, 0.25) is 0 Å². The maximum atomic E-state index is 9.82. The molecule has 0 unspecified atom stereocenters. The van der Waals surface area contributed by atoms with Crippen LogP contribution in [0.3, 0.4) is 0 Å². The third kappa shape index (κ3) is 8.04. The molecule has 2 aromatic heterocycles. The van der Waals surface area contributed by atoms with E-state index >= 15 is 0 Å². The Morgan fingerprint density at radius 2 is 0.607 bits per heavy atom. The van der Waals surface area contributed by atoms with Crippen LogP contribution in [0.25, 0.3) is 175 Å². The maximum Gasteiger partial charge on any atom is 0.136 e. The Kier molecular flexibility index (Phi) is 6.16. The second-order valence-corrected chi connectivity index (χ2v) is 21.9. The van der Waals surface area contributed by atoms with E-state index in [0.29, 0.717) is 11.1 Å². The summed E-state index contributed by atoms with van der Waals surface area (Å²) in [6, 6.07) is 7.72. The molecule has 0 aliphatic heterocycles. The number of hydrogen-bond donors (Lipinski definition) is 0. The van der Waals surface area contributed by atoms with Crippen molar-refractivity contribution in [3.05, 3.63) is 314 Å². The van der Waals surface area contributed by atoms with Gasteiger partial charge in [0.05, 0.1) is 46.6 Å². The van der Waals surface area contributed by atoms with E-state index in [1.165, 1.54) is 0 Å². The zero-order valence-electron chi connectivity index (χ0n) is 80.6. The Bertz CT molecular complexity index is 7890. The smallest absolute Gasteiger partial charge is 0.136 e. The second kappa shape index (κ2) is 19.9. The lowest BCUT2D eigenvalue weighted by molar-refractivity contribution is 0.660. The van der Waals surface area contributed by atoms with Crippen LogP contribution in [0, 0.1) is 0 Å². The summed E-state index contributed by atoms with van der Waals surface area (Å²) in [4.78, 5) is 0. The fourth-order valence-electron chi connectivity index (χ4n) is 12.6. The van der Waals surface area contributed by atoms with E-state index < -0.39 is 244 Å². The molecule has 0 radical (unpaired) electrons. The van der Waals surface area contributed by atoms with Crippen LogP contribution in [0.15, 0.2) is 311 Å². The minimum absolute atomic E-state index is 0.0363. The Morgan fingerprint density at radius 3 is 1.08 bits per heavy atom. The molecule has 89 heavy (non-hydrogen) atoms. The van der Waals surface area contributed by atoms with E-state index in [-0.39, 0.29) is 108 Å². The summed E-state index contributed by atoms with van der Waals surface area (Å²) in [5, 5.41) is -4.49. The van der Waals surface area contributed by atoms with Gasteiger partial charge in [0.15, 0.2) is 0 Å². The van der Waals surface area contributed by atoms with Crippen LogP contribution in [-0.2, 0) is 5.41 Å². The molecular formula is C87H56O2. The highest BCUT2D eigenvalue weighted by molar-refractivity contribution is 6.24. The fourth-order valence-corrected chi connectivity index (χ4v) is 12.6. The minimum atomic E-state index is -0.735. The van der Waals surface area contributed by atoms with Gasteiger partial charge in [-0.1, -0.05) is 262 Å². The topological polar surface area (TPSA) is 26.3 Å². The number of furan rings is 2. The molecule has 0 N–H and O–H groups in total. The first kappa shape index (κ1) is 27.6. The highest BCUT2D eigenvalue weighted by Crippen LogP contribution is 2.52. The number of fused-ring (bicyclic) bond motifs is 15. The van der Waals surface area contributed by atoms with Crippen LogP contribution in [0.4, 0.5) is 0 Å². The molecule has 0 spiro atoms. The first-order valence-corrected chi connectivity index (χ1v) is 28.1. The Balaban J connectivity index is 0.000000168. The molecule has 1 aliphatic carbocycles. The van der Waals surface area contributed by atoms with Crippen molar-refractivity contribution >= 4 is 109 Å². The zero-order chi connectivity index (χ0) is 88.5. The van der Waals surface area contributed by atoms with Crippen LogP contribution in [0.5, 0.6) is 0 Å². The number of benzene rings is 16. The van der Waals surface area contributed by atoms with Gasteiger partial charge in [-0.15, -0.1) is 0 Å². The number of hydrogen-bond acceptors (Lipinski definition) is 2. The van der Waals surface area contributed by atoms with Gasteiger partial charge < -0.3 is 8.83 Å². The lowest BCUT2D eigenvalue weighted by Crippen LogP contribution is -2.14. The highest BCUT2D eigenvalue weighted by Gasteiger charge is 2.35. The van der Waals surface area contributed by atoms with Crippen molar-refractivity contribution in [1.82, 2.24) is 0 Å². The van der Waals surface area contributed by atoms with Gasteiger partial charge >= 0.3 is 0 Å². The van der Waals surface area contributed by atoms with Crippen LogP contribution < -0.4 is 0 Å². The largest absolute Gasteiger partial charge is 0.456 e. The number of rotatable bonds is 5. The molecule has 2 heterocycles. The molecule has 0 saturated heterocycles. The highest BCUT2D eigenvalue weighted by atomic mass is 16.3. The molecule has 0 saturated carbocycles. The Hall–Kier alpha value is -11.3. The SMILES string of the molecule is [2H]c1c(-c2c3c([2H])c([2H])c([2H])c([2H])c3c(-c3ccc(-c4ccccc4)cc3)c3c([2H])c([2H])c([2H])c([2H])c23)c([2H])c2c(oc3c([2H])c4c([2H])c([2H])c([2H])c([2H])c4c([2H])c32)c1[2H].[2H]c1c(-c2c3c([2H])c([2H])c([2H])c([2H])c3c(-c3ccc4c(c3)C(C)(C)c3ccccc3-4)c3c([2H])c([2H])c([2H])c([2H])c23)c([2H])c2c(oc3c([2H])c4c([2H])c([2H])c([2H])c([2H])c4c([2H])c32)c1[2H]. The van der Waals surface area contributed by atoms with Crippen molar-refractivity contribution < 1.29 is 55.4 Å². The molecule has 416 valence electrons. The van der Waals surface area contributed by atoms with Crippen molar-refractivity contribution in [2.45, 2.75) is 19.3 Å². The van der Waals surface area contributed by atoms with Crippen molar-refractivity contribution in [3.8, 4) is 66.8 Å². The molecule has 19 rings (SSSR count). The lowest BCUT2D eigenvalue weighted by Gasteiger charge is -2.23. The fraction of sp³-hybridized carbons (Fsp3) is 0.0345. The molecular weight excluding hydrogens is 1080 g/mol. The molecule has 0 fully saturated rings.